The molecule has 2 amide bonds. The van der Waals surface area contributed by atoms with Gasteiger partial charge >= 0.3 is 0 Å². The Kier molecular flexibility index (Phi) is 9.23. The van der Waals surface area contributed by atoms with Crippen molar-refractivity contribution >= 4 is 23.4 Å². The molecular formula is C28H30ClFN2O2. The first-order valence-electron chi connectivity index (χ1n) is 11.5. The summed E-state index contributed by atoms with van der Waals surface area (Å²) in [5, 5.41) is 3.54. The van der Waals surface area contributed by atoms with E-state index < -0.39 is 11.9 Å². The highest BCUT2D eigenvalue weighted by Crippen LogP contribution is 2.19. The topological polar surface area (TPSA) is 49.4 Å². The third-order valence-electron chi connectivity index (χ3n) is 5.82. The highest BCUT2D eigenvalue weighted by Gasteiger charge is 2.31. The molecule has 0 heterocycles. The Morgan fingerprint density at radius 3 is 2.32 bits per heavy atom. The number of carbonyl (C=O) groups excluding carboxylic acids is 2. The van der Waals surface area contributed by atoms with E-state index in [9.17, 15) is 14.0 Å². The van der Waals surface area contributed by atoms with Crippen molar-refractivity contribution in [3.63, 3.8) is 0 Å². The van der Waals surface area contributed by atoms with E-state index in [-0.39, 0.29) is 30.8 Å². The maximum absolute atomic E-state index is 14.6. The van der Waals surface area contributed by atoms with Crippen LogP contribution in [0.15, 0.2) is 78.9 Å². The van der Waals surface area contributed by atoms with Crippen LogP contribution in [0.5, 0.6) is 0 Å². The summed E-state index contributed by atoms with van der Waals surface area (Å²) in [6.07, 6.45) is 1.13. The molecule has 0 saturated carbocycles. The summed E-state index contributed by atoms with van der Waals surface area (Å²) < 4.78 is 14.6. The van der Waals surface area contributed by atoms with Crippen LogP contribution in [-0.2, 0) is 29.0 Å². The Morgan fingerprint density at radius 2 is 1.65 bits per heavy atom. The molecule has 3 rings (SSSR count). The minimum Gasteiger partial charge on any atom is -0.352 e. The lowest BCUT2D eigenvalue weighted by atomic mass is 10.0. The molecule has 0 saturated heterocycles. The number of carbonyl (C=O) groups is 2. The van der Waals surface area contributed by atoms with Crippen molar-refractivity contribution < 1.29 is 14.0 Å². The van der Waals surface area contributed by atoms with E-state index in [0.717, 1.165) is 17.5 Å². The Morgan fingerprint density at radius 1 is 0.971 bits per heavy atom. The largest absolute Gasteiger partial charge is 0.352 e. The van der Waals surface area contributed by atoms with Gasteiger partial charge in [-0.15, -0.1) is 0 Å². The van der Waals surface area contributed by atoms with Gasteiger partial charge in [-0.2, -0.15) is 0 Å². The molecule has 2 atom stereocenters. The van der Waals surface area contributed by atoms with Gasteiger partial charge in [-0.05, 0) is 42.7 Å². The average Bonchev–Trinajstić information content (AvgIpc) is 2.82. The number of benzene rings is 3. The standard InChI is InChI=1S/C28H30ClFN2O2/c1-3-20(2)31-28(34)26(17-21-10-5-4-6-11-21)32(19-23-13-7-8-15-25(23)30)27(33)18-22-12-9-14-24(29)16-22/h4-16,20,26H,3,17-19H2,1-2H3,(H,31,34)/t20-,26-/m0/s1. The summed E-state index contributed by atoms with van der Waals surface area (Å²) in [6, 6.07) is 22.1. The molecule has 178 valence electrons. The number of rotatable bonds is 10. The number of nitrogens with one attached hydrogen (secondary N) is 1. The monoisotopic (exact) mass is 480 g/mol. The van der Waals surface area contributed by atoms with Gasteiger partial charge in [0, 0.05) is 29.6 Å². The van der Waals surface area contributed by atoms with Gasteiger partial charge in [-0.1, -0.05) is 79.2 Å². The maximum atomic E-state index is 14.6. The second-order valence-corrected chi connectivity index (χ2v) is 8.88. The molecule has 0 unspecified atom stereocenters. The number of hydrogen-bond donors (Lipinski definition) is 1. The van der Waals surface area contributed by atoms with Gasteiger partial charge in [-0.3, -0.25) is 9.59 Å². The zero-order valence-corrected chi connectivity index (χ0v) is 20.3. The zero-order chi connectivity index (χ0) is 24.5. The van der Waals surface area contributed by atoms with E-state index in [4.69, 9.17) is 11.6 Å². The van der Waals surface area contributed by atoms with E-state index in [0.29, 0.717) is 17.0 Å². The van der Waals surface area contributed by atoms with E-state index in [1.807, 2.05) is 50.2 Å². The van der Waals surface area contributed by atoms with Crippen molar-refractivity contribution in [1.29, 1.82) is 0 Å². The molecule has 1 N–H and O–H groups in total. The number of nitrogens with zero attached hydrogens (tertiary/aromatic N) is 1. The fourth-order valence-corrected chi connectivity index (χ4v) is 3.94. The van der Waals surface area contributed by atoms with Crippen molar-refractivity contribution in [2.24, 2.45) is 0 Å². The van der Waals surface area contributed by atoms with Crippen LogP contribution in [0.25, 0.3) is 0 Å². The van der Waals surface area contributed by atoms with Gasteiger partial charge < -0.3 is 10.2 Å². The lowest BCUT2D eigenvalue weighted by Gasteiger charge is -2.32. The molecule has 6 heteroatoms. The third kappa shape index (κ3) is 7.16. The number of halogens is 2. The maximum Gasteiger partial charge on any atom is 0.243 e. The summed E-state index contributed by atoms with van der Waals surface area (Å²) in [7, 11) is 0. The SMILES string of the molecule is CC[C@H](C)NC(=O)[C@H](Cc1ccccc1)N(Cc1ccccc1F)C(=O)Cc1cccc(Cl)c1. The summed E-state index contributed by atoms with van der Waals surface area (Å²) in [5.74, 6) is -0.941. The lowest BCUT2D eigenvalue weighted by molar-refractivity contribution is -0.141. The van der Waals surface area contributed by atoms with Crippen LogP contribution in [0.3, 0.4) is 0 Å². The molecule has 0 spiro atoms. The molecule has 0 aliphatic heterocycles. The Hall–Kier alpha value is -3.18. The van der Waals surface area contributed by atoms with E-state index >= 15 is 0 Å². The highest BCUT2D eigenvalue weighted by molar-refractivity contribution is 6.30. The Balaban J connectivity index is 1.98. The normalized spacial score (nSPS) is 12.6. The quantitative estimate of drug-likeness (QED) is 0.412. The van der Waals surface area contributed by atoms with Crippen LogP contribution in [0, 0.1) is 5.82 Å². The molecule has 0 radical (unpaired) electrons. The number of amides is 2. The highest BCUT2D eigenvalue weighted by atomic mass is 35.5. The summed E-state index contributed by atoms with van der Waals surface area (Å²) in [4.78, 5) is 28.5. The molecule has 0 fully saturated rings. The Labute approximate surface area is 205 Å². The second kappa shape index (κ2) is 12.3. The molecule has 0 aromatic heterocycles. The minimum atomic E-state index is -0.803. The molecular weight excluding hydrogens is 451 g/mol. The van der Waals surface area contributed by atoms with Crippen LogP contribution < -0.4 is 5.32 Å². The summed E-state index contributed by atoms with van der Waals surface area (Å²) >= 11 is 6.11. The predicted molar refractivity (Wildman–Crippen MR) is 134 cm³/mol. The third-order valence-corrected chi connectivity index (χ3v) is 6.05. The van der Waals surface area contributed by atoms with Crippen LogP contribution in [0.2, 0.25) is 5.02 Å². The van der Waals surface area contributed by atoms with Gasteiger partial charge in [0.1, 0.15) is 11.9 Å². The van der Waals surface area contributed by atoms with Crippen LogP contribution in [0.4, 0.5) is 4.39 Å². The lowest BCUT2D eigenvalue weighted by Crippen LogP contribution is -2.52. The summed E-state index contributed by atoms with van der Waals surface area (Å²) in [5.41, 5.74) is 2.01. The van der Waals surface area contributed by atoms with Gasteiger partial charge in [-0.25, -0.2) is 4.39 Å². The zero-order valence-electron chi connectivity index (χ0n) is 19.5. The van der Waals surface area contributed by atoms with Gasteiger partial charge in [0.05, 0.1) is 6.42 Å². The first-order valence-corrected chi connectivity index (χ1v) is 11.9. The van der Waals surface area contributed by atoms with E-state index in [2.05, 4.69) is 5.32 Å². The fourth-order valence-electron chi connectivity index (χ4n) is 3.73. The summed E-state index contributed by atoms with van der Waals surface area (Å²) in [6.45, 7) is 3.89. The second-order valence-electron chi connectivity index (χ2n) is 8.44. The van der Waals surface area contributed by atoms with Crippen molar-refractivity contribution in [1.82, 2.24) is 10.2 Å². The van der Waals surface area contributed by atoms with Crippen LogP contribution in [-0.4, -0.2) is 28.8 Å². The predicted octanol–water partition coefficient (Wildman–Crippen LogP) is 5.58. The van der Waals surface area contributed by atoms with Crippen LogP contribution in [0.1, 0.15) is 37.0 Å². The van der Waals surface area contributed by atoms with Crippen molar-refractivity contribution in [2.45, 2.75) is 51.7 Å². The molecule has 0 aliphatic carbocycles. The smallest absolute Gasteiger partial charge is 0.243 e. The first kappa shape index (κ1) is 25.4. The molecule has 0 aliphatic rings. The molecule has 3 aromatic rings. The first-order chi connectivity index (χ1) is 16.4. The van der Waals surface area contributed by atoms with Crippen molar-refractivity contribution in [3.8, 4) is 0 Å². The molecule has 3 aromatic carbocycles. The Bertz CT molecular complexity index is 1110. The fraction of sp³-hybridized carbons (Fsp3) is 0.286. The molecule has 0 bridgehead atoms. The van der Waals surface area contributed by atoms with E-state index in [1.165, 1.54) is 11.0 Å². The van der Waals surface area contributed by atoms with Crippen LogP contribution >= 0.6 is 11.6 Å². The van der Waals surface area contributed by atoms with E-state index in [1.54, 1.807) is 36.4 Å². The average molecular weight is 481 g/mol. The molecule has 34 heavy (non-hydrogen) atoms. The van der Waals surface area contributed by atoms with Gasteiger partial charge in [0.25, 0.3) is 0 Å². The van der Waals surface area contributed by atoms with Gasteiger partial charge in [0.2, 0.25) is 11.8 Å². The van der Waals surface area contributed by atoms with Crippen molar-refractivity contribution in [3.05, 3.63) is 106 Å². The van der Waals surface area contributed by atoms with Gasteiger partial charge in [0.15, 0.2) is 0 Å². The van der Waals surface area contributed by atoms with Crippen molar-refractivity contribution in [2.75, 3.05) is 0 Å². The minimum absolute atomic E-state index is 0.0164. The molecule has 4 nitrogen and oxygen atoms in total. The number of hydrogen-bond acceptors (Lipinski definition) is 2.